The summed E-state index contributed by atoms with van der Waals surface area (Å²) in [5, 5.41) is 12.7. The van der Waals surface area contributed by atoms with Gasteiger partial charge in [-0.1, -0.05) is 12.6 Å². The zero-order chi connectivity index (χ0) is 27.4. The van der Waals surface area contributed by atoms with Crippen molar-refractivity contribution in [3.05, 3.63) is 60.4 Å². The van der Waals surface area contributed by atoms with Gasteiger partial charge in [-0.25, -0.2) is 13.6 Å². The van der Waals surface area contributed by atoms with Gasteiger partial charge in [-0.3, -0.25) is 20.1 Å². The normalized spacial score (nSPS) is 17.5. The number of alkyl halides is 2. The van der Waals surface area contributed by atoms with Crippen molar-refractivity contribution >= 4 is 23.4 Å². The smallest absolute Gasteiger partial charge is 0.408 e. The van der Waals surface area contributed by atoms with Crippen LogP contribution in [0.5, 0.6) is 0 Å². The van der Waals surface area contributed by atoms with E-state index in [-0.39, 0.29) is 18.8 Å². The molecule has 1 fully saturated rings. The average molecular weight is 514 g/mol. The predicted molar refractivity (Wildman–Crippen MR) is 139 cm³/mol. The highest BCUT2D eigenvalue weighted by Gasteiger charge is 2.45. The van der Waals surface area contributed by atoms with Crippen molar-refractivity contribution in [2.24, 2.45) is 0 Å². The summed E-state index contributed by atoms with van der Waals surface area (Å²) in [7, 11) is 0. The highest BCUT2D eigenvalue weighted by molar-refractivity contribution is 6.45. The number of likely N-dealkylation sites (tertiary alicyclic amines) is 1. The van der Waals surface area contributed by atoms with Gasteiger partial charge in [0, 0.05) is 49.2 Å². The van der Waals surface area contributed by atoms with Crippen molar-refractivity contribution in [3.63, 3.8) is 0 Å². The van der Waals surface area contributed by atoms with Gasteiger partial charge in [0.2, 0.25) is 0 Å². The van der Waals surface area contributed by atoms with Crippen LogP contribution in [0.25, 0.3) is 11.1 Å². The molecule has 3 N–H and O–H groups in total. The zero-order valence-corrected chi connectivity index (χ0v) is 21.5. The molecule has 2 aromatic rings. The second-order valence-corrected chi connectivity index (χ2v) is 10.1. The van der Waals surface area contributed by atoms with Gasteiger partial charge in [-0.05, 0) is 69.2 Å². The van der Waals surface area contributed by atoms with Gasteiger partial charge in [0.1, 0.15) is 17.4 Å². The summed E-state index contributed by atoms with van der Waals surface area (Å²) in [5.74, 6) is -3.69. The fraction of sp³-hybridized carbons (Fsp3) is 0.407. The Morgan fingerprint density at radius 2 is 2.00 bits per heavy atom. The molecule has 8 nitrogen and oxygen atoms in total. The number of aryl methyl sites for hydroxylation is 1. The summed E-state index contributed by atoms with van der Waals surface area (Å²) in [6.45, 7) is 10.7. The van der Waals surface area contributed by atoms with Crippen molar-refractivity contribution < 1.29 is 23.1 Å². The Morgan fingerprint density at radius 3 is 2.62 bits per heavy atom. The number of ether oxygens (including phenoxy) is 1. The van der Waals surface area contributed by atoms with E-state index in [1.807, 2.05) is 30.0 Å². The molecule has 1 aliphatic rings. The van der Waals surface area contributed by atoms with E-state index in [1.54, 1.807) is 39.1 Å². The number of nitrogens with zero attached hydrogens (tertiary/aromatic N) is 2. The molecule has 1 aromatic heterocycles. The summed E-state index contributed by atoms with van der Waals surface area (Å²) in [6.07, 6.45) is 1.56. The van der Waals surface area contributed by atoms with Gasteiger partial charge in [0.05, 0.1) is 0 Å². The average Bonchev–Trinajstić information content (AvgIpc) is 2.80. The zero-order valence-electron chi connectivity index (χ0n) is 21.5. The number of hydrogen-bond donors (Lipinski definition) is 3. The van der Waals surface area contributed by atoms with Crippen LogP contribution in [0.2, 0.25) is 0 Å². The lowest BCUT2D eigenvalue weighted by molar-refractivity contribution is -0.110. The molecule has 1 aliphatic heterocycles. The number of rotatable bonds is 7. The summed E-state index contributed by atoms with van der Waals surface area (Å²) < 4.78 is 34.4. The van der Waals surface area contributed by atoms with Crippen molar-refractivity contribution in [2.75, 3.05) is 18.4 Å². The molecule has 0 saturated carbocycles. The number of pyridine rings is 1. The van der Waals surface area contributed by atoms with Gasteiger partial charge in [-0.15, -0.1) is 0 Å². The van der Waals surface area contributed by atoms with Gasteiger partial charge in [0.25, 0.3) is 11.8 Å². The van der Waals surface area contributed by atoms with Crippen LogP contribution in [0, 0.1) is 12.3 Å². The maximum absolute atomic E-state index is 14.6. The van der Waals surface area contributed by atoms with E-state index in [1.165, 1.54) is 0 Å². The Hall–Kier alpha value is -3.66. The minimum atomic E-state index is -3.08. The molecule has 10 heteroatoms. The molecule has 198 valence electrons. The maximum Gasteiger partial charge on any atom is 0.408 e. The van der Waals surface area contributed by atoms with E-state index in [2.05, 4.69) is 22.2 Å². The Morgan fingerprint density at radius 1 is 1.27 bits per heavy atom. The lowest BCUT2D eigenvalue weighted by atomic mass is 9.99. The Balaban J connectivity index is 1.84. The van der Waals surface area contributed by atoms with Gasteiger partial charge < -0.3 is 15.4 Å². The number of benzene rings is 1. The Labute approximate surface area is 215 Å². The van der Waals surface area contributed by atoms with Crippen LogP contribution in [0.15, 0.2) is 49.2 Å². The van der Waals surface area contributed by atoms with Crippen molar-refractivity contribution in [2.45, 2.75) is 58.2 Å². The topological polar surface area (TPSA) is 107 Å². The highest BCUT2D eigenvalue weighted by atomic mass is 19.3. The number of hydrogen-bond acceptors (Lipinski definition) is 6. The molecule has 0 bridgehead atoms. The molecule has 1 saturated heterocycles. The van der Waals surface area contributed by atoms with Crippen LogP contribution in [0.1, 0.15) is 38.4 Å². The monoisotopic (exact) mass is 513 g/mol. The number of anilines is 1. The summed E-state index contributed by atoms with van der Waals surface area (Å²) in [5.41, 5.74) is 2.58. The number of amides is 2. The van der Waals surface area contributed by atoms with E-state index in [0.29, 0.717) is 12.2 Å². The second-order valence-electron chi connectivity index (χ2n) is 10.1. The van der Waals surface area contributed by atoms with Crippen molar-refractivity contribution in [3.8, 4) is 11.1 Å². The van der Waals surface area contributed by atoms with E-state index < -0.39 is 36.0 Å². The standard InChI is InChI=1S/C27H33F2N5O3/c1-6-22(30)24(35)32-21-12-18(11-20(13-21)19-8-7-17(2)31-14-19)15-34-10-9-27(28,29)23(16-34)33-25(36)37-26(3,4)5/h6-8,11-14,23,30H,1,9-10,15-16H2,2-5H3,(H,32,35)(H,33,36)/t23-/m1/s1. The Kier molecular flexibility index (Phi) is 8.42. The molecule has 1 atom stereocenters. The number of nitrogens with one attached hydrogen (secondary N) is 3. The quantitative estimate of drug-likeness (QED) is 0.455. The molecular formula is C27H33F2N5O3. The van der Waals surface area contributed by atoms with Crippen LogP contribution in [0.3, 0.4) is 0 Å². The number of aromatic nitrogens is 1. The van der Waals surface area contributed by atoms with Crippen LogP contribution in [-0.2, 0) is 16.1 Å². The molecule has 1 aromatic carbocycles. The number of piperidine rings is 1. The molecular weight excluding hydrogens is 480 g/mol. The summed E-state index contributed by atoms with van der Waals surface area (Å²) in [4.78, 5) is 30.6. The second kappa shape index (κ2) is 11.2. The summed E-state index contributed by atoms with van der Waals surface area (Å²) in [6, 6.07) is 7.77. The first-order valence-electron chi connectivity index (χ1n) is 11.9. The highest BCUT2D eigenvalue weighted by Crippen LogP contribution is 2.31. The largest absolute Gasteiger partial charge is 0.444 e. The van der Waals surface area contributed by atoms with E-state index in [4.69, 9.17) is 10.1 Å². The number of halogens is 2. The number of carbonyl (C=O) groups excluding carboxylic acids is 2. The third kappa shape index (κ3) is 7.91. The third-order valence-electron chi connectivity index (χ3n) is 5.75. The van der Waals surface area contributed by atoms with Crippen LogP contribution >= 0.6 is 0 Å². The molecule has 0 aliphatic carbocycles. The van der Waals surface area contributed by atoms with Gasteiger partial charge in [0.15, 0.2) is 0 Å². The first kappa shape index (κ1) is 27.9. The van der Waals surface area contributed by atoms with Crippen LogP contribution in [-0.4, -0.2) is 58.3 Å². The Bertz CT molecular complexity index is 1180. The molecule has 2 amide bonds. The molecule has 0 radical (unpaired) electrons. The fourth-order valence-corrected chi connectivity index (χ4v) is 3.92. The van der Waals surface area contributed by atoms with E-state index >= 15 is 0 Å². The number of carbonyl (C=O) groups is 2. The first-order chi connectivity index (χ1) is 17.3. The van der Waals surface area contributed by atoms with E-state index in [0.717, 1.165) is 28.5 Å². The molecule has 0 spiro atoms. The maximum atomic E-state index is 14.6. The van der Waals surface area contributed by atoms with E-state index in [9.17, 15) is 18.4 Å². The minimum Gasteiger partial charge on any atom is -0.444 e. The molecule has 37 heavy (non-hydrogen) atoms. The molecule has 2 heterocycles. The van der Waals surface area contributed by atoms with Gasteiger partial charge in [-0.2, -0.15) is 0 Å². The first-order valence-corrected chi connectivity index (χ1v) is 11.9. The third-order valence-corrected chi connectivity index (χ3v) is 5.75. The molecule has 3 rings (SSSR count). The van der Waals surface area contributed by atoms with Crippen molar-refractivity contribution in [1.82, 2.24) is 15.2 Å². The van der Waals surface area contributed by atoms with Gasteiger partial charge >= 0.3 is 6.09 Å². The van der Waals surface area contributed by atoms with Crippen LogP contribution < -0.4 is 10.6 Å². The molecule has 0 unspecified atom stereocenters. The lowest BCUT2D eigenvalue weighted by Crippen LogP contribution is -2.58. The van der Waals surface area contributed by atoms with Crippen LogP contribution in [0.4, 0.5) is 19.3 Å². The predicted octanol–water partition coefficient (Wildman–Crippen LogP) is 4.94. The fourth-order valence-electron chi connectivity index (χ4n) is 3.92. The summed E-state index contributed by atoms with van der Waals surface area (Å²) >= 11 is 0. The van der Waals surface area contributed by atoms with Crippen molar-refractivity contribution in [1.29, 1.82) is 5.41 Å². The minimum absolute atomic E-state index is 0.0780. The lowest BCUT2D eigenvalue weighted by Gasteiger charge is -2.38. The number of alkyl carbamates (subject to hydrolysis) is 1. The SMILES string of the molecule is C=CC(=N)C(=O)Nc1cc(CN2CCC(F)(F)[C@H](NC(=O)OC(C)(C)C)C2)cc(-c2ccc(C)nc2)c1.